The van der Waals surface area contributed by atoms with E-state index in [0.29, 0.717) is 22.7 Å². The Hall–Kier alpha value is -4.66. The molecule has 1 atom stereocenters. The van der Waals surface area contributed by atoms with E-state index < -0.39 is 29.9 Å². The van der Waals surface area contributed by atoms with Gasteiger partial charge in [0.05, 0.1) is 31.9 Å². The third-order valence-corrected chi connectivity index (χ3v) is 6.09. The summed E-state index contributed by atoms with van der Waals surface area (Å²) in [6.45, 7) is 2.06. The van der Waals surface area contributed by atoms with Crippen LogP contribution in [0.2, 0.25) is 0 Å². The number of hydrogen-bond acceptors (Lipinski definition) is 6. The Morgan fingerprint density at radius 1 is 0.892 bits per heavy atom. The number of nitrogens with zero attached hydrogens (tertiary/aromatic N) is 2. The van der Waals surface area contributed by atoms with Crippen molar-refractivity contribution < 1.29 is 28.7 Å². The molecule has 1 saturated heterocycles. The zero-order valence-corrected chi connectivity index (χ0v) is 20.8. The van der Waals surface area contributed by atoms with Crippen molar-refractivity contribution in [2.24, 2.45) is 0 Å². The fourth-order valence-corrected chi connectivity index (χ4v) is 4.07. The summed E-state index contributed by atoms with van der Waals surface area (Å²) in [7, 11) is 2.85. The molecule has 9 heteroatoms. The average molecular weight is 502 g/mol. The van der Waals surface area contributed by atoms with Gasteiger partial charge in [-0.3, -0.25) is 9.59 Å². The molecule has 0 saturated carbocycles. The molecule has 37 heavy (non-hydrogen) atoms. The highest BCUT2D eigenvalue weighted by atomic mass is 16.5. The molecule has 0 aromatic heterocycles. The lowest BCUT2D eigenvalue weighted by Crippen LogP contribution is -2.37. The monoisotopic (exact) mass is 501 g/mol. The molecule has 1 fully saturated rings. The molecule has 0 spiro atoms. The van der Waals surface area contributed by atoms with Gasteiger partial charge < -0.3 is 19.7 Å². The number of carbonyl (C=O) groups excluding carboxylic acids is 4. The standard InChI is InChI=1S/C28H27N3O6/c1-18-4-12-22(13-5-18)31-26(33)24(30(28(31)35)17-19-6-14-23(36-2)15-7-19)16-25(32)29-21-10-8-20(9-11-21)27(34)37-3/h4-15,24H,16-17H2,1-3H3,(H,29,32)/t24-/m1/s1. The SMILES string of the molecule is COC(=O)c1ccc(NC(=O)C[C@@H]2C(=O)N(c3ccc(C)cc3)C(=O)N2Cc2ccc(OC)cc2)cc1. The lowest BCUT2D eigenvalue weighted by Gasteiger charge is -2.22. The highest BCUT2D eigenvalue weighted by Gasteiger charge is 2.46. The molecular weight excluding hydrogens is 474 g/mol. The predicted octanol–water partition coefficient (Wildman–Crippen LogP) is 4.16. The number of imide groups is 1. The second-order valence-electron chi connectivity index (χ2n) is 8.60. The average Bonchev–Trinajstić information content (AvgIpc) is 3.13. The maximum Gasteiger partial charge on any atom is 0.337 e. The number of benzene rings is 3. The smallest absolute Gasteiger partial charge is 0.337 e. The lowest BCUT2D eigenvalue weighted by molar-refractivity contribution is -0.124. The van der Waals surface area contributed by atoms with Crippen molar-refractivity contribution in [3.05, 3.63) is 89.5 Å². The molecule has 0 unspecified atom stereocenters. The van der Waals surface area contributed by atoms with Crippen LogP contribution in [0.5, 0.6) is 5.75 Å². The molecule has 1 heterocycles. The van der Waals surface area contributed by atoms with Crippen molar-refractivity contribution in [2.75, 3.05) is 24.4 Å². The van der Waals surface area contributed by atoms with Crippen LogP contribution < -0.4 is 15.0 Å². The third kappa shape index (κ3) is 5.61. The van der Waals surface area contributed by atoms with Gasteiger partial charge in [0.2, 0.25) is 5.91 Å². The normalized spacial score (nSPS) is 15.1. The third-order valence-electron chi connectivity index (χ3n) is 6.09. The first-order valence-electron chi connectivity index (χ1n) is 11.6. The van der Waals surface area contributed by atoms with Crippen LogP contribution in [0.15, 0.2) is 72.8 Å². The number of nitrogens with one attached hydrogen (secondary N) is 1. The van der Waals surface area contributed by atoms with Gasteiger partial charge in [0.1, 0.15) is 11.8 Å². The summed E-state index contributed by atoms with van der Waals surface area (Å²) < 4.78 is 9.88. The molecule has 190 valence electrons. The summed E-state index contributed by atoms with van der Waals surface area (Å²) in [5.41, 5.74) is 3.02. The quantitative estimate of drug-likeness (QED) is 0.367. The van der Waals surface area contributed by atoms with Crippen molar-refractivity contribution in [3.63, 3.8) is 0 Å². The van der Waals surface area contributed by atoms with E-state index in [4.69, 9.17) is 4.74 Å². The van der Waals surface area contributed by atoms with Gasteiger partial charge in [0.25, 0.3) is 5.91 Å². The van der Waals surface area contributed by atoms with E-state index in [-0.39, 0.29) is 13.0 Å². The number of ether oxygens (including phenoxy) is 2. The topological polar surface area (TPSA) is 105 Å². The highest BCUT2D eigenvalue weighted by molar-refractivity contribution is 6.22. The van der Waals surface area contributed by atoms with Gasteiger partial charge in [-0.2, -0.15) is 0 Å². The first-order chi connectivity index (χ1) is 17.8. The number of carbonyl (C=O) groups is 4. The van der Waals surface area contributed by atoms with Crippen LogP contribution in [0.25, 0.3) is 0 Å². The predicted molar refractivity (Wildman–Crippen MR) is 137 cm³/mol. The van der Waals surface area contributed by atoms with Crippen molar-refractivity contribution in [1.29, 1.82) is 0 Å². The van der Waals surface area contributed by atoms with E-state index >= 15 is 0 Å². The molecule has 3 aromatic rings. The largest absolute Gasteiger partial charge is 0.497 e. The molecular formula is C28H27N3O6. The molecule has 1 aliphatic rings. The summed E-state index contributed by atoms with van der Waals surface area (Å²) in [5.74, 6) is -0.734. The van der Waals surface area contributed by atoms with Gasteiger partial charge >= 0.3 is 12.0 Å². The van der Waals surface area contributed by atoms with E-state index in [9.17, 15) is 19.2 Å². The van der Waals surface area contributed by atoms with Crippen LogP contribution in [0.1, 0.15) is 27.9 Å². The van der Waals surface area contributed by atoms with Crippen molar-refractivity contribution in [3.8, 4) is 5.75 Å². The van der Waals surface area contributed by atoms with Gasteiger partial charge in [0, 0.05) is 12.2 Å². The molecule has 4 amide bonds. The Bertz CT molecular complexity index is 1300. The number of methoxy groups -OCH3 is 2. The molecule has 0 aliphatic carbocycles. The Kier molecular flexibility index (Phi) is 7.52. The lowest BCUT2D eigenvalue weighted by atomic mass is 10.1. The molecule has 9 nitrogen and oxygen atoms in total. The van der Waals surface area contributed by atoms with E-state index in [0.717, 1.165) is 16.0 Å². The zero-order valence-electron chi connectivity index (χ0n) is 20.8. The Morgan fingerprint density at radius 2 is 1.54 bits per heavy atom. The fraction of sp³-hybridized carbons (Fsp3) is 0.214. The zero-order chi connectivity index (χ0) is 26.5. The van der Waals surface area contributed by atoms with Crippen molar-refractivity contribution >= 4 is 35.2 Å². The van der Waals surface area contributed by atoms with Gasteiger partial charge in [0.15, 0.2) is 0 Å². The molecule has 0 bridgehead atoms. The Labute approximate surface area is 214 Å². The second-order valence-corrected chi connectivity index (χ2v) is 8.60. The number of urea groups is 1. The number of rotatable bonds is 8. The van der Waals surface area contributed by atoms with E-state index in [2.05, 4.69) is 10.1 Å². The van der Waals surface area contributed by atoms with E-state index in [1.54, 1.807) is 43.5 Å². The molecule has 1 aliphatic heterocycles. The van der Waals surface area contributed by atoms with E-state index in [1.807, 2.05) is 31.2 Å². The minimum Gasteiger partial charge on any atom is -0.497 e. The maximum atomic E-state index is 13.5. The van der Waals surface area contributed by atoms with Crippen LogP contribution >= 0.6 is 0 Å². The number of anilines is 2. The summed E-state index contributed by atoms with van der Waals surface area (Å²) in [4.78, 5) is 54.0. The van der Waals surface area contributed by atoms with Crippen molar-refractivity contribution in [1.82, 2.24) is 4.90 Å². The van der Waals surface area contributed by atoms with Crippen LogP contribution in [0.4, 0.5) is 16.2 Å². The van der Waals surface area contributed by atoms with Crippen LogP contribution in [-0.2, 0) is 20.9 Å². The number of aryl methyl sites for hydroxylation is 1. The summed E-state index contributed by atoms with van der Waals surface area (Å²) in [6.07, 6.45) is -0.234. The minimum absolute atomic E-state index is 0.142. The van der Waals surface area contributed by atoms with Crippen LogP contribution in [-0.4, -0.2) is 49.0 Å². The minimum atomic E-state index is -0.995. The summed E-state index contributed by atoms with van der Waals surface area (Å²) >= 11 is 0. The van der Waals surface area contributed by atoms with E-state index in [1.165, 1.54) is 24.1 Å². The molecule has 1 N–H and O–H groups in total. The molecule has 3 aromatic carbocycles. The summed E-state index contributed by atoms with van der Waals surface area (Å²) in [5, 5.41) is 2.73. The molecule has 0 radical (unpaired) electrons. The molecule has 4 rings (SSSR count). The van der Waals surface area contributed by atoms with Gasteiger partial charge in [-0.25, -0.2) is 14.5 Å². The van der Waals surface area contributed by atoms with Gasteiger partial charge in [-0.1, -0.05) is 29.8 Å². The number of hydrogen-bond donors (Lipinski definition) is 1. The van der Waals surface area contributed by atoms with Crippen LogP contribution in [0, 0.1) is 6.92 Å². The number of esters is 1. The highest BCUT2D eigenvalue weighted by Crippen LogP contribution is 2.29. The number of amides is 4. The first kappa shape index (κ1) is 25.4. The summed E-state index contributed by atoms with van der Waals surface area (Å²) in [6, 6.07) is 18.9. The first-order valence-corrected chi connectivity index (χ1v) is 11.6. The second kappa shape index (κ2) is 10.9. The fourth-order valence-electron chi connectivity index (χ4n) is 4.07. The Morgan fingerprint density at radius 3 is 2.14 bits per heavy atom. The van der Waals surface area contributed by atoms with Crippen molar-refractivity contribution in [2.45, 2.75) is 25.9 Å². The Balaban J connectivity index is 1.56. The van der Waals surface area contributed by atoms with Gasteiger partial charge in [-0.15, -0.1) is 0 Å². The van der Waals surface area contributed by atoms with Gasteiger partial charge in [-0.05, 0) is 61.0 Å². The van der Waals surface area contributed by atoms with Crippen LogP contribution in [0.3, 0.4) is 0 Å². The maximum absolute atomic E-state index is 13.5.